The molecule has 0 spiro atoms. The zero-order valence-corrected chi connectivity index (χ0v) is 8.32. The average Bonchev–Trinajstić information content (AvgIpc) is 2.59. The Labute approximate surface area is 90.1 Å². The molecule has 1 heterocycles. The lowest BCUT2D eigenvalue weighted by Crippen LogP contribution is -2.09. The van der Waals surface area contributed by atoms with Crippen LogP contribution in [0.3, 0.4) is 0 Å². The van der Waals surface area contributed by atoms with E-state index in [4.69, 9.17) is 16.7 Å². The molecule has 3 N–H and O–H groups in total. The van der Waals surface area contributed by atoms with E-state index in [1.54, 1.807) is 18.2 Å². The van der Waals surface area contributed by atoms with Gasteiger partial charge in [-0.1, -0.05) is 17.7 Å². The topological polar surface area (TPSA) is 73.3 Å². The Kier molecular flexibility index (Phi) is 2.38. The van der Waals surface area contributed by atoms with E-state index in [1.165, 1.54) is 6.20 Å². The first-order valence-corrected chi connectivity index (χ1v) is 4.65. The number of nitrogens with one attached hydrogen (secondary N) is 1. The summed E-state index contributed by atoms with van der Waals surface area (Å²) in [6, 6.07) is 5.00. The fourth-order valence-corrected chi connectivity index (χ4v) is 1.65. The second-order valence-electron chi connectivity index (χ2n) is 3.17. The van der Waals surface area contributed by atoms with Gasteiger partial charge in [0.15, 0.2) is 6.10 Å². The van der Waals surface area contributed by atoms with Crippen LogP contribution >= 0.6 is 11.6 Å². The van der Waals surface area contributed by atoms with Gasteiger partial charge in [0.25, 0.3) is 0 Å². The molecule has 0 saturated carbocycles. The third kappa shape index (κ3) is 1.69. The number of aliphatic hydroxyl groups is 1. The van der Waals surface area contributed by atoms with E-state index < -0.39 is 12.1 Å². The molecule has 5 heteroatoms. The number of halogens is 1. The molecule has 15 heavy (non-hydrogen) atoms. The van der Waals surface area contributed by atoms with Gasteiger partial charge in [-0.15, -0.1) is 0 Å². The summed E-state index contributed by atoms with van der Waals surface area (Å²) in [6.07, 6.45) is -0.0420. The van der Waals surface area contributed by atoms with E-state index in [0.29, 0.717) is 21.5 Å². The highest BCUT2D eigenvalue weighted by atomic mass is 35.5. The SMILES string of the molecule is O=C(O)C(O)c1c[nH]c2cc(Cl)ccc12. The van der Waals surface area contributed by atoms with E-state index in [0.717, 1.165) is 0 Å². The number of aliphatic carboxylic acids is 1. The van der Waals surface area contributed by atoms with Crippen LogP contribution in [-0.2, 0) is 4.79 Å². The molecular weight excluding hydrogens is 218 g/mol. The molecule has 4 nitrogen and oxygen atoms in total. The van der Waals surface area contributed by atoms with Crippen molar-refractivity contribution in [3.05, 3.63) is 35.0 Å². The van der Waals surface area contributed by atoms with E-state index in [9.17, 15) is 9.90 Å². The number of carboxylic acids is 1. The summed E-state index contributed by atoms with van der Waals surface area (Å²) in [5.74, 6) is -1.27. The van der Waals surface area contributed by atoms with E-state index in [2.05, 4.69) is 4.98 Å². The highest BCUT2D eigenvalue weighted by Crippen LogP contribution is 2.26. The van der Waals surface area contributed by atoms with E-state index in [-0.39, 0.29) is 0 Å². The van der Waals surface area contributed by atoms with Gasteiger partial charge in [-0.2, -0.15) is 0 Å². The molecule has 0 bridgehead atoms. The fraction of sp³-hybridized carbons (Fsp3) is 0.100. The first kappa shape index (κ1) is 10.0. The van der Waals surface area contributed by atoms with Crippen molar-refractivity contribution in [2.75, 3.05) is 0 Å². The molecule has 1 atom stereocenters. The van der Waals surface area contributed by atoms with Crippen molar-refractivity contribution in [3.8, 4) is 0 Å². The maximum absolute atomic E-state index is 10.6. The van der Waals surface area contributed by atoms with Gasteiger partial charge in [0.1, 0.15) is 0 Å². The summed E-state index contributed by atoms with van der Waals surface area (Å²) in [5, 5.41) is 19.3. The number of aliphatic hydroxyl groups excluding tert-OH is 1. The molecule has 78 valence electrons. The summed E-state index contributed by atoms with van der Waals surface area (Å²) in [5.41, 5.74) is 1.05. The van der Waals surface area contributed by atoms with Crippen LogP contribution in [-0.4, -0.2) is 21.2 Å². The number of fused-ring (bicyclic) bond motifs is 1. The average molecular weight is 226 g/mol. The van der Waals surface area contributed by atoms with Crippen LogP contribution in [0.1, 0.15) is 11.7 Å². The Hall–Kier alpha value is -1.52. The predicted octanol–water partition coefficient (Wildman–Crippen LogP) is 1.94. The molecule has 0 fully saturated rings. The number of rotatable bonds is 2. The van der Waals surface area contributed by atoms with Crippen LogP contribution in [0.4, 0.5) is 0 Å². The van der Waals surface area contributed by atoms with Gasteiger partial charge in [0.05, 0.1) is 0 Å². The molecule has 0 amide bonds. The van der Waals surface area contributed by atoms with Crippen LogP contribution in [0.15, 0.2) is 24.4 Å². The lowest BCUT2D eigenvalue weighted by molar-refractivity contribution is -0.146. The summed E-state index contributed by atoms with van der Waals surface area (Å²) >= 11 is 5.77. The van der Waals surface area contributed by atoms with Crippen LogP contribution in [0.25, 0.3) is 10.9 Å². The number of hydrogen-bond donors (Lipinski definition) is 3. The summed E-state index contributed by atoms with van der Waals surface area (Å²) in [7, 11) is 0. The highest BCUT2D eigenvalue weighted by molar-refractivity contribution is 6.31. The number of aromatic nitrogens is 1. The monoisotopic (exact) mass is 225 g/mol. The van der Waals surface area contributed by atoms with Crippen molar-refractivity contribution in [1.82, 2.24) is 4.98 Å². The molecule has 0 aliphatic heterocycles. The minimum absolute atomic E-state index is 0.342. The van der Waals surface area contributed by atoms with Gasteiger partial charge in [0, 0.05) is 27.7 Å². The minimum atomic E-state index is -1.51. The second-order valence-corrected chi connectivity index (χ2v) is 3.61. The van der Waals surface area contributed by atoms with Gasteiger partial charge >= 0.3 is 5.97 Å². The summed E-state index contributed by atoms with van der Waals surface area (Å²) in [4.78, 5) is 13.5. The van der Waals surface area contributed by atoms with Crippen LogP contribution < -0.4 is 0 Å². The molecule has 1 aromatic carbocycles. The number of H-pyrrole nitrogens is 1. The zero-order valence-electron chi connectivity index (χ0n) is 7.57. The minimum Gasteiger partial charge on any atom is -0.479 e. The second kappa shape index (κ2) is 3.56. The third-order valence-electron chi connectivity index (χ3n) is 2.20. The largest absolute Gasteiger partial charge is 0.479 e. The van der Waals surface area contributed by atoms with Crippen molar-refractivity contribution < 1.29 is 15.0 Å². The molecular formula is C10H8ClNO3. The first-order chi connectivity index (χ1) is 7.09. The van der Waals surface area contributed by atoms with Crippen LogP contribution in [0, 0.1) is 0 Å². The predicted molar refractivity (Wildman–Crippen MR) is 55.9 cm³/mol. The molecule has 0 aliphatic rings. The Morgan fingerprint density at radius 3 is 2.87 bits per heavy atom. The van der Waals surface area contributed by atoms with Crippen molar-refractivity contribution in [3.63, 3.8) is 0 Å². The zero-order chi connectivity index (χ0) is 11.0. The molecule has 0 aliphatic carbocycles. The number of carboxylic acid groups (broad SMARTS) is 1. The molecule has 1 unspecified atom stereocenters. The van der Waals surface area contributed by atoms with Crippen molar-refractivity contribution >= 4 is 28.5 Å². The van der Waals surface area contributed by atoms with Crippen molar-refractivity contribution in [2.24, 2.45) is 0 Å². The van der Waals surface area contributed by atoms with Crippen molar-refractivity contribution in [2.45, 2.75) is 6.10 Å². The number of carbonyl (C=O) groups is 1. The molecule has 0 radical (unpaired) electrons. The fourth-order valence-electron chi connectivity index (χ4n) is 1.48. The first-order valence-electron chi connectivity index (χ1n) is 4.27. The number of benzene rings is 1. The maximum atomic E-state index is 10.6. The van der Waals surface area contributed by atoms with Gasteiger partial charge in [-0.25, -0.2) is 4.79 Å². The number of aromatic amines is 1. The third-order valence-corrected chi connectivity index (χ3v) is 2.44. The van der Waals surface area contributed by atoms with E-state index in [1.807, 2.05) is 0 Å². The summed E-state index contributed by atoms with van der Waals surface area (Å²) in [6.45, 7) is 0. The lowest BCUT2D eigenvalue weighted by Gasteiger charge is -2.02. The molecule has 0 saturated heterocycles. The molecule has 2 aromatic rings. The maximum Gasteiger partial charge on any atom is 0.337 e. The van der Waals surface area contributed by atoms with E-state index >= 15 is 0 Å². The number of hydrogen-bond acceptors (Lipinski definition) is 2. The molecule has 1 aromatic heterocycles. The Balaban J connectivity index is 2.59. The van der Waals surface area contributed by atoms with Crippen molar-refractivity contribution in [1.29, 1.82) is 0 Å². The molecule has 2 rings (SSSR count). The van der Waals surface area contributed by atoms with Gasteiger partial charge in [0.2, 0.25) is 0 Å². The quantitative estimate of drug-likeness (QED) is 0.731. The Bertz CT molecular complexity index is 520. The van der Waals surface area contributed by atoms with Gasteiger partial charge < -0.3 is 15.2 Å². The van der Waals surface area contributed by atoms with Crippen LogP contribution in [0.5, 0.6) is 0 Å². The Morgan fingerprint density at radius 2 is 2.20 bits per heavy atom. The normalized spacial score (nSPS) is 12.9. The summed E-state index contributed by atoms with van der Waals surface area (Å²) < 4.78 is 0. The van der Waals surface area contributed by atoms with Gasteiger partial charge in [-0.05, 0) is 12.1 Å². The van der Waals surface area contributed by atoms with Crippen LogP contribution in [0.2, 0.25) is 5.02 Å². The smallest absolute Gasteiger partial charge is 0.337 e. The lowest BCUT2D eigenvalue weighted by atomic mass is 10.1. The van der Waals surface area contributed by atoms with Gasteiger partial charge in [-0.3, -0.25) is 0 Å². The highest BCUT2D eigenvalue weighted by Gasteiger charge is 2.19. The standard InChI is InChI=1S/C10H8ClNO3/c11-5-1-2-6-7(9(13)10(14)15)4-12-8(6)3-5/h1-4,9,12-13H,(H,14,15). The Morgan fingerprint density at radius 1 is 1.47 bits per heavy atom.